The Bertz CT molecular complexity index is 478. The molecule has 1 aromatic carbocycles. The first kappa shape index (κ1) is 16.3. The second-order valence-electron chi connectivity index (χ2n) is 6.06. The molecule has 0 aliphatic carbocycles. The highest BCUT2D eigenvalue weighted by Gasteiger charge is 2.39. The summed E-state index contributed by atoms with van der Waals surface area (Å²) in [6.07, 6.45) is 4.01. The molecule has 1 aromatic rings. The van der Waals surface area contributed by atoms with E-state index in [2.05, 4.69) is 17.6 Å². The first-order valence-corrected chi connectivity index (χ1v) is 8.22. The molecule has 1 aliphatic heterocycles. The van der Waals surface area contributed by atoms with Gasteiger partial charge in [-0.3, -0.25) is 4.79 Å². The van der Waals surface area contributed by atoms with Crippen molar-refractivity contribution in [2.75, 3.05) is 13.1 Å². The summed E-state index contributed by atoms with van der Waals surface area (Å²) in [4.78, 5) is 12.8. The number of amides is 1. The highest BCUT2D eigenvalue weighted by molar-refractivity contribution is 6.30. The molecule has 1 saturated heterocycles. The molecule has 1 unspecified atom stereocenters. The van der Waals surface area contributed by atoms with Gasteiger partial charge in [0.05, 0.1) is 11.5 Å². The largest absolute Gasteiger partial charge is 0.349 e. The van der Waals surface area contributed by atoms with Crippen LogP contribution in [0.25, 0.3) is 0 Å². The van der Waals surface area contributed by atoms with E-state index in [-0.39, 0.29) is 17.4 Å². The lowest BCUT2D eigenvalue weighted by atomic mass is 9.76. The third kappa shape index (κ3) is 3.98. The topological polar surface area (TPSA) is 41.1 Å². The average molecular weight is 309 g/mol. The van der Waals surface area contributed by atoms with Crippen molar-refractivity contribution in [2.24, 2.45) is 5.41 Å². The summed E-state index contributed by atoms with van der Waals surface area (Å²) < 4.78 is 0. The third-order valence-corrected chi connectivity index (χ3v) is 4.61. The van der Waals surface area contributed by atoms with Crippen LogP contribution >= 0.6 is 11.6 Å². The maximum atomic E-state index is 12.8. The lowest BCUT2D eigenvalue weighted by Gasteiger charge is -2.37. The Labute approximate surface area is 132 Å². The molecule has 1 aliphatic rings. The predicted molar refractivity (Wildman–Crippen MR) is 87.5 cm³/mol. The zero-order chi connectivity index (χ0) is 15.3. The molecule has 0 radical (unpaired) electrons. The van der Waals surface area contributed by atoms with Gasteiger partial charge in [-0.05, 0) is 50.4 Å². The van der Waals surface area contributed by atoms with E-state index in [1.807, 2.05) is 31.2 Å². The van der Waals surface area contributed by atoms with Gasteiger partial charge in [0.1, 0.15) is 0 Å². The average Bonchev–Trinajstić information content (AvgIpc) is 2.48. The number of carbonyl (C=O) groups excluding carboxylic acids is 1. The molecule has 0 spiro atoms. The van der Waals surface area contributed by atoms with E-state index in [0.29, 0.717) is 5.02 Å². The van der Waals surface area contributed by atoms with Gasteiger partial charge in [0, 0.05) is 11.6 Å². The van der Waals surface area contributed by atoms with E-state index in [1.165, 1.54) is 0 Å². The summed E-state index contributed by atoms with van der Waals surface area (Å²) in [5.41, 5.74) is 0.797. The van der Waals surface area contributed by atoms with E-state index in [0.717, 1.165) is 44.3 Å². The number of benzene rings is 1. The molecular formula is C17H25ClN2O. The number of hydrogen-bond acceptors (Lipinski definition) is 2. The highest BCUT2D eigenvalue weighted by atomic mass is 35.5. The van der Waals surface area contributed by atoms with Crippen LogP contribution in [0.4, 0.5) is 0 Å². The van der Waals surface area contributed by atoms with Crippen molar-refractivity contribution in [2.45, 2.75) is 45.6 Å². The van der Waals surface area contributed by atoms with Gasteiger partial charge in [0.25, 0.3) is 0 Å². The van der Waals surface area contributed by atoms with Crippen LogP contribution < -0.4 is 10.6 Å². The van der Waals surface area contributed by atoms with Crippen LogP contribution in [0.15, 0.2) is 24.3 Å². The Hall–Kier alpha value is -1.06. The summed E-state index contributed by atoms with van der Waals surface area (Å²) in [5, 5.41) is 7.27. The smallest absolute Gasteiger partial charge is 0.227 e. The van der Waals surface area contributed by atoms with Crippen LogP contribution in [0, 0.1) is 5.41 Å². The predicted octanol–water partition coefficient (Wildman–Crippen LogP) is 3.69. The monoisotopic (exact) mass is 308 g/mol. The van der Waals surface area contributed by atoms with Crippen LogP contribution in [-0.4, -0.2) is 19.0 Å². The van der Waals surface area contributed by atoms with Crippen molar-refractivity contribution in [3.8, 4) is 0 Å². The minimum atomic E-state index is -0.250. The number of nitrogens with one attached hydrogen (secondary N) is 2. The molecule has 1 fully saturated rings. The van der Waals surface area contributed by atoms with Crippen molar-refractivity contribution in [3.63, 3.8) is 0 Å². The van der Waals surface area contributed by atoms with Gasteiger partial charge in [-0.1, -0.05) is 37.1 Å². The summed E-state index contributed by atoms with van der Waals surface area (Å²) in [6, 6.07) is 7.67. The zero-order valence-electron chi connectivity index (χ0n) is 12.9. The molecule has 2 rings (SSSR count). The van der Waals surface area contributed by atoms with Crippen LogP contribution in [-0.2, 0) is 4.79 Å². The minimum Gasteiger partial charge on any atom is -0.349 e. The fourth-order valence-corrected chi connectivity index (χ4v) is 3.37. The maximum absolute atomic E-state index is 12.8. The Morgan fingerprint density at radius 3 is 2.95 bits per heavy atom. The molecule has 1 amide bonds. The molecule has 0 saturated carbocycles. The van der Waals surface area contributed by atoms with Gasteiger partial charge in [-0.25, -0.2) is 0 Å². The van der Waals surface area contributed by atoms with Crippen LogP contribution in [0.3, 0.4) is 0 Å². The molecule has 2 N–H and O–H groups in total. The quantitative estimate of drug-likeness (QED) is 0.871. The van der Waals surface area contributed by atoms with Gasteiger partial charge >= 0.3 is 0 Å². The van der Waals surface area contributed by atoms with E-state index in [1.54, 1.807) is 0 Å². The standard InChI is InChI=1S/C17H25ClN2O/c1-3-8-17(9-5-10-19-12-17)16(21)20-13(2)14-6-4-7-15(18)11-14/h4,6-7,11,13,19H,3,5,8-10,12H2,1-2H3,(H,20,21)/t13-,17?/m0/s1. The molecule has 4 heteroatoms. The molecule has 1 heterocycles. The Balaban J connectivity index is 2.07. The number of rotatable bonds is 5. The normalized spacial score (nSPS) is 23.6. The number of piperidine rings is 1. The molecule has 3 nitrogen and oxygen atoms in total. The van der Waals surface area contributed by atoms with Crippen LogP contribution in [0.2, 0.25) is 5.02 Å². The molecule has 0 bridgehead atoms. The highest BCUT2D eigenvalue weighted by Crippen LogP contribution is 2.32. The Morgan fingerprint density at radius 2 is 2.33 bits per heavy atom. The SMILES string of the molecule is CCCC1(C(=O)N[C@@H](C)c2cccc(Cl)c2)CCCNC1. The maximum Gasteiger partial charge on any atom is 0.227 e. The lowest BCUT2D eigenvalue weighted by Crippen LogP contribution is -2.50. The van der Waals surface area contributed by atoms with E-state index in [4.69, 9.17) is 11.6 Å². The lowest BCUT2D eigenvalue weighted by molar-refractivity contribution is -0.133. The number of halogens is 1. The van der Waals surface area contributed by atoms with E-state index >= 15 is 0 Å². The number of hydrogen-bond donors (Lipinski definition) is 2. The van der Waals surface area contributed by atoms with Gasteiger partial charge in [0.2, 0.25) is 5.91 Å². The first-order valence-electron chi connectivity index (χ1n) is 7.84. The molecule has 2 atom stereocenters. The molecule has 116 valence electrons. The Morgan fingerprint density at radius 1 is 1.52 bits per heavy atom. The minimum absolute atomic E-state index is 0.0214. The number of carbonyl (C=O) groups is 1. The van der Waals surface area contributed by atoms with Crippen molar-refractivity contribution in [1.29, 1.82) is 0 Å². The zero-order valence-corrected chi connectivity index (χ0v) is 13.7. The molecular weight excluding hydrogens is 284 g/mol. The van der Waals surface area contributed by atoms with Gasteiger partial charge in [-0.2, -0.15) is 0 Å². The fourth-order valence-electron chi connectivity index (χ4n) is 3.18. The summed E-state index contributed by atoms with van der Waals surface area (Å²) in [6.45, 7) is 5.96. The molecule has 21 heavy (non-hydrogen) atoms. The van der Waals surface area contributed by atoms with Crippen molar-refractivity contribution in [1.82, 2.24) is 10.6 Å². The van der Waals surface area contributed by atoms with Crippen molar-refractivity contribution >= 4 is 17.5 Å². The summed E-state index contributed by atoms with van der Waals surface area (Å²) >= 11 is 6.03. The second kappa shape index (κ2) is 7.28. The van der Waals surface area contributed by atoms with Crippen LogP contribution in [0.1, 0.15) is 51.1 Å². The Kier molecular flexibility index (Phi) is 5.65. The first-order chi connectivity index (χ1) is 10.1. The van der Waals surface area contributed by atoms with Crippen molar-refractivity contribution < 1.29 is 4.79 Å². The fraction of sp³-hybridized carbons (Fsp3) is 0.588. The van der Waals surface area contributed by atoms with Gasteiger partial charge in [0.15, 0.2) is 0 Å². The van der Waals surface area contributed by atoms with Crippen molar-refractivity contribution in [3.05, 3.63) is 34.9 Å². The van der Waals surface area contributed by atoms with Gasteiger partial charge < -0.3 is 10.6 Å². The van der Waals surface area contributed by atoms with E-state index in [9.17, 15) is 4.79 Å². The van der Waals surface area contributed by atoms with E-state index < -0.39 is 0 Å². The summed E-state index contributed by atoms with van der Waals surface area (Å²) in [7, 11) is 0. The third-order valence-electron chi connectivity index (χ3n) is 4.38. The second-order valence-corrected chi connectivity index (χ2v) is 6.50. The van der Waals surface area contributed by atoms with Crippen LogP contribution in [0.5, 0.6) is 0 Å². The summed E-state index contributed by atoms with van der Waals surface area (Å²) in [5.74, 6) is 0.170. The van der Waals surface area contributed by atoms with Gasteiger partial charge in [-0.15, -0.1) is 0 Å². The molecule has 0 aromatic heterocycles.